The summed E-state index contributed by atoms with van der Waals surface area (Å²) >= 11 is 0. The Morgan fingerprint density at radius 3 is 2.30 bits per heavy atom. The summed E-state index contributed by atoms with van der Waals surface area (Å²) in [6, 6.07) is 3.90. The number of hydrogen-bond donors (Lipinski definition) is 0. The van der Waals surface area contributed by atoms with Crippen molar-refractivity contribution in [1.82, 2.24) is 0 Å². The van der Waals surface area contributed by atoms with E-state index in [1.54, 1.807) is 27.7 Å². The van der Waals surface area contributed by atoms with Gasteiger partial charge in [-0.15, -0.1) is 13.2 Å². The van der Waals surface area contributed by atoms with Crippen LogP contribution in [-0.4, -0.2) is 21.5 Å². The molecule has 0 spiro atoms. The van der Waals surface area contributed by atoms with Crippen molar-refractivity contribution in [3.05, 3.63) is 29.3 Å². The van der Waals surface area contributed by atoms with E-state index in [1.807, 2.05) is 0 Å². The lowest BCUT2D eigenvalue weighted by molar-refractivity contribution is -0.274. The zero-order chi connectivity index (χ0) is 15.6. The normalized spacial score (nSPS) is 14.6. The van der Waals surface area contributed by atoms with Gasteiger partial charge in [-0.25, -0.2) is 4.21 Å². The molecule has 0 bridgehead atoms. The first-order valence-corrected chi connectivity index (χ1v) is 6.92. The quantitative estimate of drug-likeness (QED) is 0.797. The fourth-order valence-electron chi connectivity index (χ4n) is 1.25. The van der Waals surface area contributed by atoms with Gasteiger partial charge in [-0.2, -0.15) is 4.40 Å². The number of hydrogen-bond acceptors (Lipinski definition) is 2. The molecule has 0 fully saturated rings. The maximum atomic E-state index is 12.1. The summed E-state index contributed by atoms with van der Waals surface area (Å²) in [6.45, 7) is 6.99. The van der Waals surface area contributed by atoms with E-state index in [1.165, 1.54) is 24.4 Å². The zero-order valence-electron chi connectivity index (χ0n) is 11.6. The van der Waals surface area contributed by atoms with Crippen LogP contribution in [0, 0.1) is 6.92 Å². The number of benzene rings is 1. The summed E-state index contributed by atoms with van der Waals surface area (Å²) in [6.07, 6.45) is -3.32. The van der Waals surface area contributed by atoms with E-state index in [2.05, 4.69) is 9.13 Å². The van der Waals surface area contributed by atoms with Crippen molar-refractivity contribution in [3.63, 3.8) is 0 Å². The molecule has 0 aliphatic carbocycles. The van der Waals surface area contributed by atoms with Crippen LogP contribution in [0.15, 0.2) is 22.6 Å². The lowest BCUT2D eigenvalue weighted by atomic mass is 10.1. The van der Waals surface area contributed by atoms with Crippen LogP contribution in [0.3, 0.4) is 0 Å². The highest BCUT2D eigenvalue weighted by atomic mass is 32.2. The van der Waals surface area contributed by atoms with Crippen molar-refractivity contribution < 1.29 is 22.1 Å². The smallest absolute Gasteiger partial charge is 0.406 e. The lowest BCUT2D eigenvalue weighted by Gasteiger charge is -2.13. The highest BCUT2D eigenvalue weighted by molar-refractivity contribution is 7.85. The standard InChI is InChI=1S/C13H16F3NO2S/c1-9-7-11(19-13(14,15)16)6-5-10(9)8-17-20(18)12(2,3)4/h5-8H,1-4H3/b17-8+/t20-/m0/s1. The summed E-state index contributed by atoms with van der Waals surface area (Å²) < 4.78 is 55.2. The van der Waals surface area contributed by atoms with Crippen molar-refractivity contribution in [2.24, 2.45) is 4.40 Å². The number of alkyl halides is 3. The maximum absolute atomic E-state index is 12.1. The Morgan fingerprint density at radius 1 is 1.25 bits per heavy atom. The maximum Gasteiger partial charge on any atom is 0.573 e. The molecule has 1 rings (SSSR count). The van der Waals surface area contributed by atoms with Gasteiger partial charge < -0.3 is 4.74 Å². The Bertz CT molecular complexity index is 533. The van der Waals surface area contributed by atoms with Crippen molar-refractivity contribution in [2.75, 3.05) is 0 Å². The minimum atomic E-state index is -4.71. The second kappa shape index (κ2) is 5.95. The van der Waals surface area contributed by atoms with Crippen molar-refractivity contribution in [3.8, 4) is 5.75 Å². The molecule has 0 aliphatic heterocycles. The van der Waals surface area contributed by atoms with E-state index < -0.39 is 22.1 Å². The van der Waals surface area contributed by atoms with Gasteiger partial charge >= 0.3 is 6.36 Å². The number of aryl methyl sites for hydroxylation is 1. The Balaban J connectivity index is 2.89. The highest BCUT2D eigenvalue weighted by Gasteiger charge is 2.31. The van der Waals surface area contributed by atoms with Gasteiger partial charge in [-0.05, 0) is 57.0 Å². The third-order valence-corrected chi connectivity index (χ3v) is 3.63. The van der Waals surface area contributed by atoms with Gasteiger partial charge in [0.15, 0.2) is 0 Å². The molecule has 0 aromatic heterocycles. The molecule has 1 aromatic carbocycles. The topological polar surface area (TPSA) is 38.7 Å². The Hall–Kier alpha value is -1.37. The first kappa shape index (κ1) is 16.7. The third-order valence-electron chi connectivity index (χ3n) is 2.29. The number of halogens is 3. The molecule has 0 N–H and O–H groups in total. The van der Waals surface area contributed by atoms with Gasteiger partial charge in [-0.1, -0.05) is 0 Å². The van der Waals surface area contributed by atoms with Crippen LogP contribution >= 0.6 is 0 Å². The summed E-state index contributed by atoms with van der Waals surface area (Å²) in [5, 5.41) is 0. The van der Waals surface area contributed by atoms with Gasteiger partial charge in [0.1, 0.15) is 16.7 Å². The van der Waals surface area contributed by atoms with E-state index in [0.29, 0.717) is 11.1 Å². The van der Waals surface area contributed by atoms with Gasteiger partial charge in [0, 0.05) is 6.21 Å². The van der Waals surface area contributed by atoms with Crippen LogP contribution in [0.1, 0.15) is 31.9 Å². The number of rotatable bonds is 3. The second-order valence-electron chi connectivity index (χ2n) is 5.16. The van der Waals surface area contributed by atoms with Gasteiger partial charge in [0.05, 0.1) is 4.75 Å². The molecule has 0 radical (unpaired) electrons. The molecule has 1 atom stereocenters. The number of ether oxygens (including phenoxy) is 1. The van der Waals surface area contributed by atoms with Gasteiger partial charge in [0.2, 0.25) is 0 Å². The van der Waals surface area contributed by atoms with Crippen molar-refractivity contribution >= 4 is 17.2 Å². The predicted molar refractivity (Wildman–Crippen MR) is 73.4 cm³/mol. The molecule has 0 saturated carbocycles. The van der Waals surface area contributed by atoms with Crippen LogP contribution in [0.4, 0.5) is 13.2 Å². The summed E-state index contributed by atoms with van der Waals surface area (Å²) in [5.74, 6) is -0.288. The summed E-state index contributed by atoms with van der Waals surface area (Å²) in [5.41, 5.74) is 1.15. The third kappa shape index (κ3) is 5.32. The molecule has 3 nitrogen and oxygen atoms in total. The molecule has 1 aromatic rings. The first-order valence-electron chi connectivity index (χ1n) is 5.81. The average Bonchev–Trinajstić information content (AvgIpc) is 2.23. The molecule has 0 amide bonds. The monoisotopic (exact) mass is 307 g/mol. The molecule has 7 heteroatoms. The van der Waals surface area contributed by atoms with Crippen LogP contribution < -0.4 is 4.74 Å². The summed E-state index contributed by atoms with van der Waals surface area (Å²) in [7, 11) is -1.41. The molecule has 20 heavy (non-hydrogen) atoms. The van der Waals surface area contributed by atoms with Crippen LogP contribution in [0.25, 0.3) is 0 Å². The minimum Gasteiger partial charge on any atom is -0.406 e. The molecule has 0 aliphatic rings. The van der Waals surface area contributed by atoms with Crippen LogP contribution in [0.2, 0.25) is 0 Å². The van der Waals surface area contributed by atoms with E-state index >= 15 is 0 Å². The average molecular weight is 307 g/mol. The largest absolute Gasteiger partial charge is 0.573 e. The van der Waals surface area contributed by atoms with E-state index in [9.17, 15) is 17.4 Å². The van der Waals surface area contributed by atoms with Crippen LogP contribution in [0.5, 0.6) is 5.75 Å². The molecular weight excluding hydrogens is 291 g/mol. The minimum absolute atomic E-state index is 0.288. The van der Waals surface area contributed by atoms with Crippen molar-refractivity contribution in [2.45, 2.75) is 38.8 Å². The molecule has 0 heterocycles. The first-order chi connectivity index (χ1) is 8.99. The highest BCUT2D eigenvalue weighted by Crippen LogP contribution is 2.24. The second-order valence-corrected chi connectivity index (χ2v) is 7.10. The Kier molecular flexibility index (Phi) is 4.96. The van der Waals surface area contributed by atoms with E-state index in [-0.39, 0.29) is 5.75 Å². The lowest BCUT2D eigenvalue weighted by Crippen LogP contribution is -2.19. The SMILES string of the molecule is Cc1cc(OC(F)(F)F)ccc1/C=N/[S@@](=O)C(C)(C)C. The molecule has 0 unspecified atom stereocenters. The predicted octanol–water partition coefficient (Wildman–Crippen LogP) is 3.77. The fourth-order valence-corrected chi connectivity index (χ4v) is 1.78. The van der Waals surface area contributed by atoms with Gasteiger partial charge in [-0.3, -0.25) is 0 Å². The summed E-state index contributed by atoms with van der Waals surface area (Å²) in [4.78, 5) is 0. The molecular formula is C13H16F3NO2S. The molecule has 112 valence electrons. The fraction of sp³-hybridized carbons (Fsp3) is 0.462. The van der Waals surface area contributed by atoms with Crippen LogP contribution in [-0.2, 0) is 11.0 Å². The Morgan fingerprint density at radius 2 is 1.85 bits per heavy atom. The van der Waals surface area contributed by atoms with Crippen molar-refractivity contribution in [1.29, 1.82) is 0 Å². The zero-order valence-corrected chi connectivity index (χ0v) is 12.4. The van der Waals surface area contributed by atoms with E-state index in [0.717, 1.165) is 0 Å². The van der Waals surface area contributed by atoms with E-state index in [4.69, 9.17) is 0 Å². The number of nitrogens with zero attached hydrogens (tertiary/aromatic N) is 1. The molecule has 0 saturated heterocycles. The Labute approximate surface area is 118 Å². The van der Waals surface area contributed by atoms with Gasteiger partial charge in [0.25, 0.3) is 0 Å².